The third-order valence-corrected chi connectivity index (χ3v) is 3.08. The number of nitrogens with two attached hydrogens (primary N) is 1. The normalized spacial score (nSPS) is 11.3. The van der Waals surface area contributed by atoms with Gasteiger partial charge >= 0.3 is 0 Å². The molecule has 4 nitrogen and oxygen atoms in total. The molecule has 4 heteroatoms. The van der Waals surface area contributed by atoms with Gasteiger partial charge in [0.2, 0.25) is 5.89 Å². The summed E-state index contributed by atoms with van der Waals surface area (Å²) in [4.78, 5) is 4.37. The highest BCUT2D eigenvalue weighted by atomic mass is 16.5. The van der Waals surface area contributed by atoms with Crippen molar-refractivity contribution in [2.75, 3.05) is 12.3 Å². The molecule has 1 heterocycles. The second-order valence-corrected chi connectivity index (χ2v) is 4.58. The van der Waals surface area contributed by atoms with Crippen LogP contribution in [0.25, 0.3) is 23.3 Å². The molecule has 0 bridgehead atoms. The van der Waals surface area contributed by atoms with Gasteiger partial charge in [0.25, 0.3) is 0 Å². The fraction of sp³-hybridized carbons (Fsp3) is 0.118. The first-order chi connectivity index (χ1) is 10.3. The van der Waals surface area contributed by atoms with E-state index in [4.69, 9.17) is 14.9 Å². The van der Waals surface area contributed by atoms with E-state index in [1.165, 1.54) is 0 Å². The summed E-state index contributed by atoms with van der Waals surface area (Å²) in [7, 11) is 0. The van der Waals surface area contributed by atoms with Gasteiger partial charge in [0.15, 0.2) is 5.58 Å². The zero-order valence-electron chi connectivity index (χ0n) is 11.7. The molecule has 106 valence electrons. The Kier molecular flexibility index (Phi) is 3.60. The van der Waals surface area contributed by atoms with Crippen molar-refractivity contribution in [3.8, 4) is 5.75 Å². The summed E-state index contributed by atoms with van der Waals surface area (Å²) < 4.78 is 11.0. The van der Waals surface area contributed by atoms with E-state index in [1.54, 1.807) is 0 Å². The first kappa shape index (κ1) is 13.2. The van der Waals surface area contributed by atoms with Crippen molar-refractivity contribution >= 4 is 28.9 Å². The minimum Gasteiger partial charge on any atom is -0.494 e. The highest BCUT2D eigenvalue weighted by molar-refractivity contribution is 5.86. The van der Waals surface area contributed by atoms with Crippen molar-refractivity contribution in [1.29, 1.82) is 0 Å². The lowest BCUT2D eigenvalue weighted by Crippen LogP contribution is -1.90. The number of ether oxygens (including phenoxy) is 1. The Morgan fingerprint density at radius 2 is 1.95 bits per heavy atom. The van der Waals surface area contributed by atoms with E-state index in [0.29, 0.717) is 29.3 Å². The van der Waals surface area contributed by atoms with Gasteiger partial charge < -0.3 is 14.9 Å². The van der Waals surface area contributed by atoms with E-state index in [1.807, 2.05) is 61.5 Å². The molecule has 2 aromatic carbocycles. The Bertz CT molecular complexity index is 773. The number of benzene rings is 2. The average Bonchev–Trinajstić information content (AvgIpc) is 2.91. The summed E-state index contributed by atoms with van der Waals surface area (Å²) in [5.41, 5.74) is 8.93. The molecule has 0 saturated heterocycles. The van der Waals surface area contributed by atoms with Crippen molar-refractivity contribution in [3.63, 3.8) is 0 Å². The lowest BCUT2D eigenvalue weighted by molar-refractivity contribution is 0.340. The van der Waals surface area contributed by atoms with Crippen LogP contribution in [0.4, 0.5) is 5.69 Å². The van der Waals surface area contributed by atoms with Gasteiger partial charge in [0, 0.05) is 6.08 Å². The average molecular weight is 280 g/mol. The number of nitrogens with zero attached hydrogens (tertiary/aromatic N) is 1. The summed E-state index contributed by atoms with van der Waals surface area (Å²) in [6, 6.07) is 13.4. The Morgan fingerprint density at radius 1 is 1.14 bits per heavy atom. The Labute approximate surface area is 122 Å². The van der Waals surface area contributed by atoms with Gasteiger partial charge in [-0.05, 0) is 42.8 Å². The first-order valence-electron chi connectivity index (χ1n) is 6.82. The molecule has 0 radical (unpaired) electrons. The highest BCUT2D eigenvalue weighted by Gasteiger charge is 2.05. The number of hydrogen-bond acceptors (Lipinski definition) is 4. The smallest absolute Gasteiger partial charge is 0.220 e. The zero-order chi connectivity index (χ0) is 14.7. The molecule has 0 unspecified atom stereocenters. The van der Waals surface area contributed by atoms with Crippen LogP contribution in [-0.2, 0) is 0 Å². The fourth-order valence-electron chi connectivity index (χ4n) is 2.07. The third-order valence-electron chi connectivity index (χ3n) is 3.08. The molecule has 0 aliphatic heterocycles. The lowest BCUT2D eigenvalue weighted by Gasteiger charge is -2.01. The predicted octanol–water partition coefficient (Wildman–Crippen LogP) is 3.98. The molecule has 21 heavy (non-hydrogen) atoms. The lowest BCUT2D eigenvalue weighted by atomic mass is 10.2. The maximum atomic E-state index is 5.86. The van der Waals surface area contributed by atoms with Crippen LogP contribution in [0.5, 0.6) is 5.75 Å². The minimum atomic E-state index is 0.539. The molecule has 0 aliphatic rings. The van der Waals surface area contributed by atoms with Crippen LogP contribution in [0.15, 0.2) is 46.9 Å². The Hall–Kier alpha value is -2.75. The molecule has 1 aromatic heterocycles. The first-order valence-corrected chi connectivity index (χ1v) is 6.82. The number of aromatic nitrogens is 1. The van der Waals surface area contributed by atoms with Gasteiger partial charge in [-0.1, -0.05) is 18.2 Å². The number of hydrogen-bond donors (Lipinski definition) is 1. The molecule has 3 rings (SSSR count). The minimum absolute atomic E-state index is 0.539. The summed E-state index contributed by atoms with van der Waals surface area (Å²) >= 11 is 0. The van der Waals surface area contributed by atoms with Crippen LogP contribution in [0.3, 0.4) is 0 Å². The molecule has 0 amide bonds. The molecular formula is C17H16N2O2. The fourth-order valence-corrected chi connectivity index (χ4v) is 2.07. The number of nitrogen functional groups attached to an aromatic ring is 1. The molecule has 0 atom stereocenters. The molecule has 2 N–H and O–H groups in total. The standard InChI is InChI=1S/C17H16N2O2/c1-2-20-13-9-6-12(7-10-13)8-11-16-19-17-14(18)4-3-5-15(17)21-16/h3-11H,2,18H2,1H3/b11-8-. The molecular weight excluding hydrogens is 264 g/mol. The van der Waals surface area contributed by atoms with Crippen LogP contribution in [0.2, 0.25) is 0 Å². The van der Waals surface area contributed by atoms with E-state index in [9.17, 15) is 0 Å². The summed E-state index contributed by atoms with van der Waals surface area (Å²) in [6.07, 6.45) is 3.77. The topological polar surface area (TPSA) is 61.3 Å². The Balaban J connectivity index is 1.82. The number of anilines is 1. The van der Waals surface area contributed by atoms with Crippen LogP contribution in [-0.4, -0.2) is 11.6 Å². The number of rotatable bonds is 4. The molecule has 0 fully saturated rings. The Morgan fingerprint density at radius 3 is 2.67 bits per heavy atom. The molecule has 0 spiro atoms. The monoisotopic (exact) mass is 280 g/mol. The highest BCUT2D eigenvalue weighted by Crippen LogP contribution is 2.22. The van der Waals surface area contributed by atoms with Gasteiger partial charge in [-0.15, -0.1) is 0 Å². The van der Waals surface area contributed by atoms with E-state index < -0.39 is 0 Å². The summed E-state index contributed by atoms with van der Waals surface area (Å²) in [5.74, 6) is 1.40. The third kappa shape index (κ3) is 2.89. The van der Waals surface area contributed by atoms with Gasteiger partial charge in [-0.25, -0.2) is 4.98 Å². The van der Waals surface area contributed by atoms with Gasteiger partial charge in [-0.2, -0.15) is 0 Å². The predicted molar refractivity (Wildman–Crippen MR) is 85.0 cm³/mol. The molecule has 3 aromatic rings. The van der Waals surface area contributed by atoms with E-state index in [0.717, 1.165) is 11.3 Å². The SMILES string of the molecule is CCOc1ccc(/C=C\c2nc3c(N)cccc3o2)cc1. The number of oxazole rings is 1. The van der Waals surface area contributed by atoms with Crippen molar-refractivity contribution in [2.24, 2.45) is 0 Å². The second kappa shape index (κ2) is 5.71. The van der Waals surface area contributed by atoms with E-state index >= 15 is 0 Å². The number of para-hydroxylation sites is 1. The quantitative estimate of drug-likeness (QED) is 0.734. The van der Waals surface area contributed by atoms with Gasteiger partial charge in [0.05, 0.1) is 12.3 Å². The number of fused-ring (bicyclic) bond motifs is 1. The van der Waals surface area contributed by atoms with Gasteiger partial charge in [-0.3, -0.25) is 0 Å². The van der Waals surface area contributed by atoms with Crippen molar-refractivity contribution in [3.05, 3.63) is 53.9 Å². The maximum Gasteiger partial charge on any atom is 0.220 e. The van der Waals surface area contributed by atoms with Crippen LogP contribution >= 0.6 is 0 Å². The van der Waals surface area contributed by atoms with Crippen molar-refractivity contribution in [1.82, 2.24) is 4.98 Å². The summed E-state index contributed by atoms with van der Waals surface area (Å²) in [6.45, 7) is 2.63. The molecule has 0 saturated carbocycles. The van der Waals surface area contributed by atoms with Crippen LogP contribution < -0.4 is 10.5 Å². The van der Waals surface area contributed by atoms with Crippen molar-refractivity contribution < 1.29 is 9.15 Å². The van der Waals surface area contributed by atoms with Crippen LogP contribution in [0, 0.1) is 0 Å². The largest absolute Gasteiger partial charge is 0.494 e. The summed E-state index contributed by atoms with van der Waals surface area (Å²) in [5, 5.41) is 0. The molecule has 0 aliphatic carbocycles. The maximum absolute atomic E-state index is 5.86. The van der Waals surface area contributed by atoms with Crippen LogP contribution in [0.1, 0.15) is 18.4 Å². The second-order valence-electron chi connectivity index (χ2n) is 4.58. The van der Waals surface area contributed by atoms with Gasteiger partial charge in [0.1, 0.15) is 11.3 Å². The van der Waals surface area contributed by atoms with Crippen molar-refractivity contribution in [2.45, 2.75) is 6.92 Å². The zero-order valence-corrected chi connectivity index (χ0v) is 11.7. The van der Waals surface area contributed by atoms with E-state index in [-0.39, 0.29) is 0 Å². The van der Waals surface area contributed by atoms with E-state index in [2.05, 4.69) is 4.98 Å².